The van der Waals surface area contributed by atoms with Gasteiger partial charge in [0.1, 0.15) is 5.75 Å². The van der Waals surface area contributed by atoms with E-state index >= 15 is 0 Å². The zero-order valence-corrected chi connectivity index (χ0v) is 10.2. The second-order valence-corrected chi connectivity index (χ2v) is 4.62. The first-order chi connectivity index (χ1) is 9.07. The predicted molar refractivity (Wildman–Crippen MR) is 69.5 cm³/mol. The number of benzene rings is 2. The third-order valence-electron chi connectivity index (χ3n) is 3.30. The minimum atomic E-state index is -3.05. The third-order valence-corrected chi connectivity index (χ3v) is 3.30. The van der Waals surface area contributed by atoms with Crippen molar-refractivity contribution in [3.05, 3.63) is 59.2 Å². The van der Waals surface area contributed by atoms with Crippen molar-refractivity contribution in [2.45, 2.75) is 12.3 Å². The van der Waals surface area contributed by atoms with E-state index in [9.17, 15) is 8.78 Å². The first kappa shape index (κ1) is 12.0. The molecule has 0 spiro atoms. The number of rotatable bonds is 2. The fraction of sp³-hybridized carbons (Fsp3) is 0.200. The molecule has 0 bridgehead atoms. The van der Waals surface area contributed by atoms with Gasteiger partial charge < -0.3 is 10.5 Å². The van der Waals surface area contributed by atoms with E-state index in [0.29, 0.717) is 24.5 Å². The molecule has 0 atom stereocenters. The van der Waals surface area contributed by atoms with Crippen molar-refractivity contribution in [3.63, 3.8) is 0 Å². The SMILES string of the molecule is Nc1cccc(C(F)(F)c2ccc3c(c2)CCO3)c1. The zero-order valence-electron chi connectivity index (χ0n) is 10.2. The minimum absolute atomic E-state index is 0.0256. The van der Waals surface area contributed by atoms with Gasteiger partial charge in [-0.2, -0.15) is 8.78 Å². The summed E-state index contributed by atoms with van der Waals surface area (Å²) in [6, 6.07) is 10.4. The van der Waals surface area contributed by atoms with Gasteiger partial charge in [0.25, 0.3) is 5.92 Å². The third kappa shape index (κ3) is 2.03. The van der Waals surface area contributed by atoms with Crippen molar-refractivity contribution >= 4 is 5.69 Å². The molecule has 0 aliphatic carbocycles. The fourth-order valence-electron chi connectivity index (χ4n) is 2.28. The molecule has 2 aromatic rings. The molecule has 3 rings (SSSR count). The van der Waals surface area contributed by atoms with Gasteiger partial charge in [-0.15, -0.1) is 0 Å². The molecule has 1 aliphatic heterocycles. The molecule has 0 fully saturated rings. The fourth-order valence-corrected chi connectivity index (χ4v) is 2.28. The van der Waals surface area contributed by atoms with Crippen LogP contribution in [0.3, 0.4) is 0 Å². The second-order valence-electron chi connectivity index (χ2n) is 4.62. The number of halogens is 2. The van der Waals surface area contributed by atoms with Gasteiger partial charge in [-0.3, -0.25) is 0 Å². The average molecular weight is 261 g/mol. The quantitative estimate of drug-likeness (QED) is 0.841. The minimum Gasteiger partial charge on any atom is -0.493 e. The monoisotopic (exact) mass is 261 g/mol. The molecule has 0 radical (unpaired) electrons. The predicted octanol–water partition coefficient (Wildman–Crippen LogP) is 3.34. The average Bonchev–Trinajstić information content (AvgIpc) is 2.85. The molecule has 19 heavy (non-hydrogen) atoms. The topological polar surface area (TPSA) is 35.2 Å². The van der Waals surface area contributed by atoms with E-state index in [4.69, 9.17) is 10.5 Å². The molecule has 4 heteroatoms. The highest BCUT2D eigenvalue weighted by molar-refractivity contribution is 5.47. The molecule has 2 aromatic carbocycles. The van der Waals surface area contributed by atoms with Crippen LogP contribution in [0.25, 0.3) is 0 Å². The highest BCUT2D eigenvalue weighted by atomic mass is 19.3. The highest BCUT2D eigenvalue weighted by Gasteiger charge is 2.35. The van der Waals surface area contributed by atoms with E-state index in [0.717, 1.165) is 5.56 Å². The number of hydrogen-bond donors (Lipinski definition) is 1. The Morgan fingerprint density at radius 3 is 2.63 bits per heavy atom. The van der Waals surface area contributed by atoms with E-state index in [1.807, 2.05) is 0 Å². The first-order valence-electron chi connectivity index (χ1n) is 6.07. The second kappa shape index (κ2) is 4.23. The largest absolute Gasteiger partial charge is 0.493 e. The van der Waals surface area contributed by atoms with Gasteiger partial charge in [-0.25, -0.2) is 0 Å². The summed E-state index contributed by atoms with van der Waals surface area (Å²) in [5.74, 6) is -2.35. The molecule has 0 amide bonds. The van der Waals surface area contributed by atoms with Gasteiger partial charge in [0.15, 0.2) is 0 Å². The van der Waals surface area contributed by atoms with E-state index in [1.165, 1.54) is 30.3 Å². The number of alkyl halides is 2. The smallest absolute Gasteiger partial charge is 0.298 e. The Balaban J connectivity index is 2.04. The van der Waals surface area contributed by atoms with Crippen LogP contribution in [0.5, 0.6) is 5.75 Å². The summed E-state index contributed by atoms with van der Waals surface area (Å²) in [5.41, 5.74) is 6.62. The Morgan fingerprint density at radius 1 is 1.05 bits per heavy atom. The Kier molecular flexibility index (Phi) is 2.66. The van der Waals surface area contributed by atoms with Gasteiger partial charge in [0, 0.05) is 23.2 Å². The van der Waals surface area contributed by atoms with Crippen molar-refractivity contribution in [2.24, 2.45) is 0 Å². The van der Waals surface area contributed by atoms with E-state index in [1.54, 1.807) is 12.1 Å². The Morgan fingerprint density at radius 2 is 1.84 bits per heavy atom. The van der Waals surface area contributed by atoms with Crippen LogP contribution in [0.1, 0.15) is 16.7 Å². The van der Waals surface area contributed by atoms with Crippen LogP contribution in [0.2, 0.25) is 0 Å². The molecule has 0 aromatic heterocycles. The van der Waals surface area contributed by atoms with Gasteiger partial charge in [-0.05, 0) is 35.9 Å². The lowest BCUT2D eigenvalue weighted by molar-refractivity contribution is 0.0428. The molecule has 2 N–H and O–H groups in total. The Labute approximate surface area is 109 Å². The van der Waals surface area contributed by atoms with E-state index in [2.05, 4.69) is 0 Å². The van der Waals surface area contributed by atoms with Crippen LogP contribution in [0.4, 0.5) is 14.5 Å². The van der Waals surface area contributed by atoms with Crippen LogP contribution in [-0.2, 0) is 12.3 Å². The Bertz CT molecular complexity index is 625. The summed E-state index contributed by atoms with van der Waals surface area (Å²) in [5, 5.41) is 0. The maximum absolute atomic E-state index is 14.4. The number of hydrogen-bond acceptors (Lipinski definition) is 2. The molecule has 0 unspecified atom stereocenters. The number of nitrogen functional groups attached to an aromatic ring is 1. The summed E-state index contributed by atoms with van der Waals surface area (Å²) in [6.45, 7) is 0.558. The Hall–Kier alpha value is -2.10. The van der Waals surface area contributed by atoms with Gasteiger partial charge >= 0.3 is 0 Å². The standard InChI is InChI=1S/C15H13F2NO/c16-15(17,11-2-1-3-13(18)9-11)12-4-5-14-10(8-12)6-7-19-14/h1-5,8-9H,6-7,18H2. The maximum atomic E-state index is 14.4. The molecule has 0 saturated heterocycles. The van der Waals surface area contributed by atoms with Crippen LogP contribution < -0.4 is 10.5 Å². The van der Waals surface area contributed by atoms with Crippen molar-refractivity contribution in [1.82, 2.24) is 0 Å². The summed E-state index contributed by atoms with van der Waals surface area (Å²) >= 11 is 0. The number of anilines is 1. The first-order valence-corrected chi connectivity index (χ1v) is 6.07. The van der Waals surface area contributed by atoms with Crippen molar-refractivity contribution in [2.75, 3.05) is 12.3 Å². The zero-order chi connectivity index (χ0) is 13.5. The normalized spacial score (nSPS) is 14.0. The van der Waals surface area contributed by atoms with Crippen molar-refractivity contribution < 1.29 is 13.5 Å². The molecule has 1 heterocycles. The van der Waals surface area contributed by atoms with Crippen LogP contribution in [0.15, 0.2) is 42.5 Å². The lowest BCUT2D eigenvalue weighted by atomic mass is 9.97. The summed E-state index contributed by atoms with van der Waals surface area (Å²) in [6.07, 6.45) is 0.677. The van der Waals surface area contributed by atoms with Gasteiger partial charge in [0.05, 0.1) is 6.61 Å². The molecule has 0 saturated carbocycles. The lowest BCUT2D eigenvalue weighted by Gasteiger charge is -2.18. The summed E-state index contributed by atoms with van der Waals surface area (Å²) in [4.78, 5) is 0. The molecular weight excluding hydrogens is 248 g/mol. The van der Waals surface area contributed by atoms with Crippen LogP contribution >= 0.6 is 0 Å². The highest BCUT2D eigenvalue weighted by Crippen LogP contribution is 2.39. The number of nitrogens with two attached hydrogens (primary N) is 1. The van der Waals surface area contributed by atoms with Crippen molar-refractivity contribution in [1.29, 1.82) is 0 Å². The summed E-state index contributed by atoms with van der Waals surface area (Å²) in [7, 11) is 0. The molecule has 2 nitrogen and oxygen atoms in total. The number of ether oxygens (including phenoxy) is 1. The van der Waals surface area contributed by atoms with Gasteiger partial charge in [0.2, 0.25) is 0 Å². The lowest BCUT2D eigenvalue weighted by Crippen LogP contribution is -2.15. The maximum Gasteiger partial charge on any atom is 0.298 e. The molecular formula is C15H13F2NO. The molecule has 1 aliphatic rings. The van der Waals surface area contributed by atoms with E-state index < -0.39 is 5.92 Å². The van der Waals surface area contributed by atoms with Crippen molar-refractivity contribution in [3.8, 4) is 5.75 Å². The number of fused-ring (bicyclic) bond motifs is 1. The summed E-state index contributed by atoms with van der Waals surface area (Å²) < 4.78 is 34.2. The van der Waals surface area contributed by atoms with E-state index in [-0.39, 0.29) is 11.1 Å². The van der Waals surface area contributed by atoms with Crippen LogP contribution in [-0.4, -0.2) is 6.61 Å². The molecule has 98 valence electrons. The van der Waals surface area contributed by atoms with Gasteiger partial charge in [-0.1, -0.05) is 12.1 Å². The van der Waals surface area contributed by atoms with Crippen LogP contribution in [0, 0.1) is 0 Å².